The van der Waals surface area contributed by atoms with Crippen molar-refractivity contribution in [3.05, 3.63) is 95.1 Å². The number of nitrogens with zero attached hydrogens (tertiary/aromatic N) is 1. The molecule has 5 unspecified atom stereocenters. The molecule has 0 saturated carbocycles. The second-order valence-corrected chi connectivity index (χ2v) is 9.96. The summed E-state index contributed by atoms with van der Waals surface area (Å²) in [7, 11) is 1.93. The Labute approximate surface area is 223 Å². The molecule has 1 heterocycles. The Bertz CT molecular complexity index is 1220. The molecule has 8 nitrogen and oxygen atoms in total. The van der Waals surface area contributed by atoms with Gasteiger partial charge in [-0.15, -0.1) is 0 Å². The van der Waals surface area contributed by atoms with Crippen molar-refractivity contribution >= 4 is 11.6 Å². The molecule has 0 bridgehead atoms. The van der Waals surface area contributed by atoms with Gasteiger partial charge < -0.3 is 35.0 Å². The number of benzene rings is 3. The van der Waals surface area contributed by atoms with Crippen LogP contribution < -0.4 is 5.32 Å². The molecule has 1 saturated heterocycles. The minimum Gasteiger partial charge on any atom is -0.508 e. The Kier molecular flexibility index (Phi) is 9.14. The van der Waals surface area contributed by atoms with Crippen molar-refractivity contribution in [2.45, 2.75) is 45.1 Å². The number of hydrogen-bond acceptors (Lipinski definition) is 7. The van der Waals surface area contributed by atoms with Gasteiger partial charge in [0, 0.05) is 37.2 Å². The molecule has 1 aliphatic rings. The predicted octanol–water partition coefficient (Wildman–Crippen LogP) is 4.30. The van der Waals surface area contributed by atoms with Gasteiger partial charge in [-0.05, 0) is 48.0 Å². The number of phenolic OH excluding ortho intramolecular Hbond substituents is 1. The largest absolute Gasteiger partial charge is 0.508 e. The van der Waals surface area contributed by atoms with Crippen LogP contribution in [0, 0.1) is 5.92 Å². The quantitative estimate of drug-likeness (QED) is 0.333. The van der Waals surface area contributed by atoms with Gasteiger partial charge in [0.1, 0.15) is 5.75 Å². The first-order valence-corrected chi connectivity index (χ1v) is 12.8. The molecule has 202 valence electrons. The third-order valence-corrected chi connectivity index (χ3v) is 6.83. The average molecular weight is 521 g/mol. The fourth-order valence-electron chi connectivity index (χ4n) is 4.81. The van der Waals surface area contributed by atoms with E-state index in [2.05, 4.69) is 12.2 Å². The van der Waals surface area contributed by atoms with E-state index >= 15 is 0 Å². The number of rotatable bonds is 9. The topological polar surface area (TPSA) is 111 Å². The normalized spacial score (nSPS) is 22.3. The first-order valence-electron chi connectivity index (χ1n) is 12.8. The van der Waals surface area contributed by atoms with Crippen molar-refractivity contribution in [3.63, 3.8) is 0 Å². The van der Waals surface area contributed by atoms with Gasteiger partial charge in [-0.25, -0.2) is 0 Å². The van der Waals surface area contributed by atoms with E-state index in [9.17, 15) is 20.1 Å². The number of aromatic hydroxyl groups is 1. The minimum atomic E-state index is -0.769. The molecule has 8 heteroatoms. The number of carbonyl (C=O) groups excluding carboxylic acids is 1. The fraction of sp³-hybridized carbons (Fsp3) is 0.367. The monoisotopic (exact) mass is 520 g/mol. The van der Waals surface area contributed by atoms with Crippen LogP contribution in [0.25, 0.3) is 0 Å². The molecule has 0 aliphatic carbocycles. The summed E-state index contributed by atoms with van der Waals surface area (Å²) in [5.41, 5.74) is 3.89. The maximum atomic E-state index is 11.6. The Balaban J connectivity index is 1.56. The Morgan fingerprint density at radius 2 is 1.76 bits per heavy atom. The number of hydrogen-bond donors (Lipinski definition) is 4. The molecule has 0 aromatic heterocycles. The lowest BCUT2D eigenvalue weighted by molar-refractivity contribution is -0.276. The number of nitrogens with one attached hydrogen (secondary N) is 1. The van der Waals surface area contributed by atoms with E-state index < -0.39 is 12.4 Å². The number of aliphatic hydroxyl groups is 2. The zero-order valence-electron chi connectivity index (χ0n) is 21.9. The maximum absolute atomic E-state index is 11.6. The lowest BCUT2D eigenvalue weighted by Crippen LogP contribution is -2.44. The number of anilines is 1. The number of phenols is 1. The van der Waals surface area contributed by atoms with Crippen molar-refractivity contribution in [2.24, 2.45) is 5.92 Å². The fourth-order valence-corrected chi connectivity index (χ4v) is 4.81. The number of likely N-dealkylation sites (N-methyl/N-ethyl adjacent to an activating group) is 1. The van der Waals surface area contributed by atoms with Crippen molar-refractivity contribution in [3.8, 4) is 5.75 Å². The van der Waals surface area contributed by atoms with Crippen LogP contribution in [-0.4, -0.2) is 52.4 Å². The summed E-state index contributed by atoms with van der Waals surface area (Å²) < 4.78 is 13.0. The number of carbonyl (C=O) groups is 1. The zero-order chi connectivity index (χ0) is 27.2. The number of aliphatic hydroxyl groups excluding tert-OH is 2. The second-order valence-electron chi connectivity index (χ2n) is 9.96. The van der Waals surface area contributed by atoms with Gasteiger partial charge in [0.25, 0.3) is 0 Å². The summed E-state index contributed by atoms with van der Waals surface area (Å²) in [5, 5.41) is 32.8. The Morgan fingerprint density at radius 1 is 1.03 bits per heavy atom. The molecule has 3 aromatic carbocycles. The second kappa shape index (κ2) is 12.5. The first kappa shape index (κ1) is 27.8. The minimum absolute atomic E-state index is 0.0230. The van der Waals surface area contributed by atoms with Gasteiger partial charge >= 0.3 is 0 Å². The zero-order valence-corrected chi connectivity index (χ0v) is 21.9. The smallest absolute Gasteiger partial charge is 0.221 e. The van der Waals surface area contributed by atoms with Crippen LogP contribution >= 0.6 is 0 Å². The third kappa shape index (κ3) is 6.98. The van der Waals surface area contributed by atoms with Gasteiger partial charge in [-0.3, -0.25) is 4.79 Å². The van der Waals surface area contributed by atoms with Crippen molar-refractivity contribution in [1.82, 2.24) is 4.90 Å². The summed E-state index contributed by atoms with van der Waals surface area (Å²) in [5.74, 6) is -0.0667. The van der Waals surface area contributed by atoms with E-state index in [0.717, 1.165) is 16.7 Å². The molecular formula is C30H36N2O6. The summed E-state index contributed by atoms with van der Waals surface area (Å²) in [4.78, 5) is 13.6. The molecule has 1 amide bonds. The highest BCUT2D eigenvalue weighted by atomic mass is 16.7. The average Bonchev–Trinajstić information content (AvgIpc) is 2.89. The highest BCUT2D eigenvalue weighted by Gasteiger charge is 2.39. The summed E-state index contributed by atoms with van der Waals surface area (Å²) >= 11 is 0. The van der Waals surface area contributed by atoms with Crippen LogP contribution in [0.1, 0.15) is 54.6 Å². The standard InChI is InChI=1S/C30H36N2O6/c1-19-28(17-32(3)16-27(36)23-6-5-9-26(35)15-23)37-30(24-7-4-8-25(14-24)31-20(2)34)38-29(19)22-12-10-21(18-33)11-13-22/h4-15,19,27-30,33,35-36H,16-18H2,1-3H3,(H,31,34). The Hall–Kier alpha value is -3.27. The van der Waals surface area contributed by atoms with Crippen molar-refractivity contribution in [2.75, 3.05) is 25.5 Å². The third-order valence-electron chi connectivity index (χ3n) is 6.83. The lowest BCUT2D eigenvalue weighted by atomic mass is 9.90. The van der Waals surface area contributed by atoms with Crippen LogP contribution in [0.3, 0.4) is 0 Å². The van der Waals surface area contributed by atoms with Gasteiger partial charge in [0.05, 0.1) is 24.9 Å². The highest BCUT2D eigenvalue weighted by molar-refractivity contribution is 5.88. The van der Waals surface area contributed by atoms with E-state index in [1.807, 2.05) is 60.5 Å². The Morgan fingerprint density at radius 3 is 2.45 bits per heavy atom. The molecule has 3 aromatic rings. The van der Waals surface area contributed by atoms with E-state index in [0.29, 0.717) is 24.3 Å². The summed E-state index contributed by atoms with van der Waals surface area (Å²) in [6.07, 6.45) is -1.95. The molecule has 4 N–H and O–H groups in total. The number of ether oxygens (including phenoxy) is 2. The summed E-state index contributed by atoms with van der Waals surface area (Å²) in [6, 6.07) is 21.8. The maximum Gasteiger partial charge on any atom is 0.221 e. The van der Waals surface area contributed by atoms with Gasteiger partial charge in [0.2, 0.25) is 5.91 Å². The van der Waals surface area contributed by atoms with E-state index in [-0.39, 0.29) is 36.4 Å². The molecule has 4 rings (SSSR count). The molecule has 1 aliphatic heterocycles. The molecule has 0 spiro atoms. The van der Waals surface area contributed by atoms with Crippen LogP contribution in [0.4, 0.5) is 5.69 Å². The van der Waals surface area contributed by atoms with E-state index in [1.54, 1.807) is 24.3 Å². The number of amides is 1. The van der Waals surface area contributed by atoms with Gasteiger partial charge in [-0.1, -0.05) is 55.5 Å². The van der Waals surface area contributed by atoms with Crippen LogP contribution in [0.15, 0.2) is 72.8 Å². The molecule has 0 radical (unpaired) electrons. The van der Waals surface area contributed by atoms with Crippen molar-refractivity contribution in [1.29, 1.82) is 0 Å². The van der Waals surface area contributed by atoms with Crippen LogP contribution in [-0.2, 0) is 20.9 Å². The van der Waals surface area contributed by atoms with Crippen LogP contribution in [0.2, 0.25) is 0 Å². The molecule has 38 heavy (non-hydrogen) atoms. The molecule has 1 fully saturated rings. The molecule has 5 atom stereocenters. The highest BCUT2D eigenvalue weighted by Crippen LogP contribution is 2.42. The van der Waals surface area contributed by atoms with E-state index in [4.69, 9.17) is 9.47 Å². The molecular weight excluding hydrogens is 484 g/mol. The van der Waals surface area contributed by atoms with Gasteiger partial charge in [0.15, 0.2) is 6.29 Å². The van der Waals surface area contributed by atoms with E-state index in [1.165, 1.54) is 6.92 Å². The SMILES string of the molecule is CC(=O)Nc1cccc(C2OC(CN(C)CC(O)c3cccc(O)c3)C(C)C(c3ccc(CO)cc3)O2)c1. The first-order chi connectivity index (χ1) is 18.2. The lowest BCUT2D eigenvalue weighted by Gasteiger charge is -2.42. The van der Waals surface area contributed by atoms with Gasteiger partial charge in [-0.2, -0.15) is 0 Å². The summed E-state index contributed by atoms with van der Waals surface area (Å²) in [6.45, 7) is 4.41. The van der Waals surface area contributed by atoms with Crippen molar-refractivity contribution < 1.29 is 29.6 Å². The predicted molar refractivity (Wildman–Crippen MR) is 144 cm³/mol. The van der Waals surface area contributed by atoms with Crippen LogP contribution in [0.5, 0.6) is 5.75 Å².